The lowest BCUT2D eigenvalue weighted by atomic mass is 9.76. The summed E-state index contributed by atoms with van der Waals surface area (Å²) in [6.45, 7) is 7.79. The van der Waals surface area contributed by atoms with Gasteiger partial charge in [0, 0.05) is 23.1 Å². The molecule has 0 N–H and O–H groups in total. The van der Waals surface area contributed by atoms with Crippen LogP contribution in [0.2, 0.25) is 0 Å². The molecule has 3 rings (SSSR count). The molecule has 1 fully saturated rings. The molecule has 28 heavy (non-hydrogen) atoms. The van der Waals surface area contributed by atoms with Crippen LogP contribution in [-0.2, 0) is 0 Å². The minimum Gasteiger partial charge on any atom is -0.306 e. The van der Waals surface area contributed by atoms with Gasteiger partial charge in [-0.15, -0.1) is 0 Å². The summed E-state index contributed by atoms with van der Waals surface area (Å²) in [7, 11) is 0. The molecule has 2 aromatic rings. The average Bonchev–Trinajstić information content (AvgIpc) is 2.73. The van der Waals surface area contributed by atoms with Crippen molar-refractivity contribution in [1.29, 1.82) is 5.26 Å². The quantitative estimate of drug-likeness (QED) is 0.527. The zero-order chi connectivity index (χ0) is 20.3. The highest BCUT2D eigenvalue weighted by molar-refractivity contribution is 8.23. The first-order chi connectivity index (χ1) is 13.5. The molecule has 6 heteroatoms. The van der Waals surface area contributed by atoms with Crippen molar-refractivity contribution in [1.82, 2.24) is 4.90 Å². The predicted octanol–water partition coefficient (Wildman–Crippen LogP) is 6.45. The number of thioether (sulfide) groups is 2. The van der Waals surface area contributed by atoms with Crippen LogP contribution >= 0.6 is 35.7 Å². The fourth-order valence-corrected chi connectivity index (χ4v) is 5.77. The Labute approximate surface area is 181 Å². The number of aliphatic imine (C=N–C) groups is 1. The van der Waals surface area contributed by atoms with Crippen LogP contribution in [0.4, 0.5) is 5.69 Å². The van der Waals surface area contributed by atoms with Crippen LogP contribution in [0, 0.1) is 22.7 Å². The first-order valence-corrected chi connectivity index (χ1v) is 12.1. The molecule has 0 radical (unpaired) electrons. The predicted molar refractivity (Wildman–Crippen MR) is 129 cm³/mol. The van der Waals surface area contributed by atoms with E-state index in [2.05, 4.69) is 31.7 Å². The Kier molecular flexibility index (Phi) is 6.69. The molecule has 1 saturated heterocycles. The number of rotatable bonds is 3. The van der Waals surface area contributed by atoms with E-state index in [-0.39, 0.29) is 5.41 Å². The van der Waals surface area contributed by atoms with Crippen molar-refractivity contribution in [2.75, 3.05) is 18.6 Å². The van der Waals surface area contributed by atoms with Gasteiger partial charge in [-0.2, -0.15) is 5.26 Å². The van der Waals surface area contributed by atoms with Crippen molar-refractivity contribution in [3.63, 3.8) is 0 Å². The molecule has 0 spiro atoms. The van der Waals surface area contributed by atoms with Gasteiger partial charge >= 0.3 is 0 Å². The average molecular weight is 428 g/mol. The lowest BCUT2D eigenvalue weighted by molar-refractivity contribution is 0.186. The van der Waals surface area contributed by atoms with E-state index in [0.717, 1.165) is 44.7 Å². The molecular weight excluding hydrogens is 402 g/mol. The van der Waals surface area contributed by atoms with Crippen molar-refractivity contribution in [3.8, 4) is 6.07 Å². The van der Waals surface area contributed by atoms with Crippen LogP contribution in [0.15, 0.2) is 41.4 Å². The number of hydrogen-bond acceptors (Lipinski definition) is 5. The molecule has 1 aliphatic heterocycles. The molecular formula is C22H25N3S3. The maximum atomic E-state index is 9.41. The van der Waals surface area contributed by atoms with Gasteiger partial charge in [0.2, 0.25) is 0 Å². The van der Waals surface area contributed by atoms with Gasteiger partial charge in [0.25, 0.3) is 0 Å². The fourth-order valence-electron chi connectivity index (χ4n) is 3.61. The van der Waals surface area contributed by atoms with E-state index in [1.807, 2.05) is 42.7 Å². The Hall–Kier alpha value is -1.55. The van der Waals surface area contributed by atoms with Crippen molar-refractivity contribution in [2.24, 2.45) is 16.3 Å². The lowest BCUT2D eigenvalue weighted by Crippen LogP contribution is -2.50. The van der Waals surface area contributed by atoms with Crippen LogP contribution in [-0.4, -0.2) is 32.9 Å². The largest absolute Gasteiger partial charge is 0.306 e. The lowest BCUT2D eigenvalue weighted by Gasteiger charge is -2.45. The molecule has 1 heterocycles. The maximum absolute atomic E-state index is 9.41. The summed E-state index contributed by atoms with van der Waals surface area (Å²) in [5.74, 6) is 1.62. The van der Waals surface area contributed by atoms with E-state index < -0.39 is 0 Å². The molecule has 3 nitrogen and oxygen atoms in total. The number of thiocarbonyl (C=S) groups is 1. The molecule has 1 atom stereocenters. The van der Waals surface area contributed by atoms with E-state index in [1.54, 1.807) is 23.5 Å². The Morgan fingerprint density at radius 3 is 2.64 bits per heavy atom. The highest BCUT2D eigenvalue weighted by Crippen LogP contribution is 2.42. The molecule has 0 bridgehead atoms. The summed E-state index contributed by atoms with van der Waals surface area (Å²) >= 11 is 9.09. The van der Waals surface area contributed by atoms with Gasteiger partial charge in [-0.25, -0.2) is 4.99 Å². The third-order valence-corrected chi connectivity index (χ3v) is 8.33. The van der Waals surface area contributed by atoms with Gasteiger partial charge in [-0.3, -0.25) is 0 Å². The van der Waals surface area contributed by atoms with Gasteiger partial charge in [-0.05, 0) is 36.1 Å². The zero-order valence-corrected chi connectivity index (χ0v) is 19.2. The topological polar surface area (TPSA) is 39.4 Å². The third kappa shape index (κ3) is 3.94. The molecule has 2 aromatic carbocycles. The molecule has 0 aliphatic carbocycles. The van der Waals surface area contributed by atoms with Gasteiger partial charge in [0.15, 0.2) is 5.17 Å². The first-order valence-electron chi connectivity index (χ1n) is 9.44. The van der Waals surface area contributed by atoms with Crippen LogP contribution in [0.1, 0.15) is 32.8 Å². The zero-order valence-electron chi connectivity index (χ0n) is 16.7. The van der Waals surface area contributed by atoms with E-state index in [1.165, 1.54) is 0 Å². The monoisotopic (exact) mass is 427 g/mol. The summed E-state index contributed by atoms with van der Waals surface area (Å²) in [6, 6.07) is 14.0. The van der Waals surface area contributed by atoms with Gasteiger partial charge in [0.1, 0.15) is 4.32 Å². The molecule has 1 aliphatic rings. The fraction of sp³-hybridized carbons (Fsp3) is 0.409. The van der Waals surface area contributed by atoms with Crippen molar-refractivity contribution >= 4 is 61.7 Å². The summed E-state index contributed by atoms with van der Waals surface area (Å²) in [5.41, 5.74) is 1.80. The van der Waals surface area contributed by atoms with Crippen molar-refractivity contribution in [3.05, 3.63) is 42.0 Å². The standard InChI is InChI=1S/C22H25N3S3/c1-5-22(15(2)3)13-25(21(26)27-4)20(28-14-22)24-19-11-10-16(12-23)17-8-6-7-9-18(17)19/h6-11,15H,5,13-14H2,1-4H3. The van der Waals surface area contributed by atoms with Crippen molar-refractivity contribution in [2.45, 2.75) is 27.2 Å². The molecule has 0 aromatic heterocycles. The van der Waals surface area contributed by atoms with Crippen molar-refractivity contribution < 1.29 is 0 Å². The number of hydrogen-bond donors (Lipinski definition) is 0. The Bertz CT molecular complexity index is 961. The molecule has 1 unspecified atom stereocenters. The second-order valence-corrected chi connectivity index (χ2v) is 9.78. The molecule has 0 saturated carbocycles. The smallest absolute Gasteiger partial charge is 0.169 e. The number of benzene rings is 2. The molecule has 146 valence electrons. The first kappa shape index (κ1) is 21.2. The van der Waals surface area contributed by atoms with Gasteiger partial charge in [0.05, 0.1) is 17.3 Å². The summed E-state index contributed by atoms with van der Waals surface area (Å²) < 4.78 is 0.863. The summed E-state index contributed by atoms with van der Waals surface area (Å²) in [5, 5.41) is 12.3. The normalized spacial score (nSPS) is 21.3. The number of nitriles is 1. The van der Waals surface area contributed by atoms with Crippen LogP contribution in [0.25, 0.3) is 10.8 Å². The Morgan fingerprint density at radius 1 is 1.32 bits per heavy atom. The second-order valence-electron chi connectivity index (χ2n) is 7.40. The molecule has 0 amide bonds. The van der Waals surface area contributed by atoms with Gasteiger partial charge in [-0.1, -0.05) is 80.8 Å². The van der Waals surface area contributed by atoms with Crippen LogP contribution < -0.4 is 0 Å². The number of fused-ring (bicyclic) bond motifs is 1. The summed E-state index contributed by atoms with van der Waals surface area (Å²) in [6.07, 6.45) is 3.15. The minimum absolute atomic E-state index is 0.232. The van der Waals surface area contributed by atoms with E-state index in [9.17, 15) is 5.26 Å². The number of amidine groups is 1. The highest BCUT2D eigenvalue weighted by atomic mass is 32.2. The summed E-state index contributed by atoms with van der Waals surface area (Å²) in [4.78, 5) is 7.24. The van der Waals surface area contributed by atoms with Crippen LogP contribution in [0.3, 0.4) is 0 Å². The number of nitrogens with zero attached hydrogens (tertiary/aromatic N) is 3. The van der Waals surface area contributed by atoms with E-state index >= 15 is 0 Å². The van der Waals surface area contributed by atoms with E-state index in [0.29, 0.717) is 11.5 Å². The highest BCUT2D eigenvalue weighted by Gasteiger charge is 2.40. The minimum atomic E-state index is 0.232. The third-order valence-electron chi connectivity index (χ3n) is 5.75. The van der Waals surface area contributed by atoms with Gasteiger partial charge < -0.3 is 4.90 Å². The Morgan fingerprint density at radius 2 is 2.04 bits per heavy atom. The van der Waals surface area contributed by atoms with E-state index in [4.69, 9.17) is 17.2 Å². The van der Waals surface area contributed by atoms with Crippen LogP contribution in [0.5, 0.6) is 0 Å². The SMILES string of the molecule is CCC1(C(C)C)CSC(=Nc2ccc(C#N)c3ccccc23)N(C(=S)SC)C1. The second kappa shape index (κ2) is 8.86. The maximum Gasteiger partial charge on any atom is 0.169 e. The Balaban J connectivity index is 2.07.